The van der Waals surface area contributed by atoms with Crippen LogP contribution in [0, 0.1) is 0 Å². The third-order valence-electron chi connectivity index (χ3n) is 9.08. The predicted molar refractivity (Wildman–Crippen MR) is 201 cm³/mol. The molecule has 0 saturated heterocycles. The lowest BCUT2D eigenvalue weighted by atomic mass is 10.0. The third kappa shape index (κ3) is 5.26. The zero-order chi connectivity index (χ0) is 32.6. The fraction of sp³-hybridized carbons (Fsp3) is 0. The molecule has 0 fully saturated rings. The molecule has 0 N–H and O–H groups in total. The van der Waals surface area contributed by atoms with Gasteiger partial charge in [-0.25, -0.2) is 15.0 Å². The second kappa shape index (κ2) is 12.2. The summed E-state index contributed by atoms with van der Waals surface area (Å²) in [4.78, 5) is 14.7. The Kier molecular flexibility index (Phi) is 7.10. The summed E-state index contributed by atoms with van der Waals surface area (Å²) >= 11 is 0. The van der Waals surface area contributed by atoms with Crippen molar-refractivity contribution in [3.05, 3.63) is 182 Å². The van der Waals surface area contributed by atoms with Crippen LogP contribution in [0.15, 0.2) is 182 Å². The van der Waals surface area contributed by atoms with Crippen LogP contribution in [0.2, 0.25) is 0 Å². The number of para-hydroxylation sites is 2. The summed E-state index contributed by atoms with van der Waals surface area (Å²) < 4.78 is 2.41. The maximum absolute atomic E-state index is 4.94. The maximum Gasteiger partial charge on any atom is 0.164 e. The van der Waals surface area contributed by atoms with E-state index >= 15 is 0 Å². The van der Waals surface area contributed by atoms with E-state index in [2.05, 4.69) is 126 Å². The van der Waals surface area contributed by atoms with Gasteiger partial charge in [-0.15, -0.1) is 0 Å². The van der Waals surface area contributed by atoms with Crippen LogP contribution in [-0.4, -0.2) is 19.5 Å². The molecule has 0 aliphatic heterocycles. The van der Waals surface area contributed by atoms with Gasteiger partial charge < -0.3 is 4.57 Å². The van der Waals surface area contributed by atoms with Crippen molar-refractivity contribution in [2.45, 2.75) is 0 Å². The topological polar surface area (TPSA) is 43.6 Å². The molecule has 9 rings (SSSR count). The van der Waals surface area contributed by atoms with E-state index < -0.39 is 0 Å². The highest BCUT2D eigenvalue weighted by atomic mass is 15.0. The lowest BCUT2D eigenvalue weighted by molar-refractivity contribution is 1.07. The molecule has 0 unspecified atom stereocenters. The van der Waals surface area contributed by atoms with E-state index in [1.807, 2.05) is 60.7 Å². The van der Waals surface area contributed by atoms with Crippen LogP contribution in [0.4, 0.5) is 0 Å². The number of benzene rings is 7. The van der Waals surface area contributed by atoms with Gasteiger partial charge in [0.1, 0.15) is 0 Å². The Labute approximate surface area is 284 Å². The summed E-state index contributed by atoms with van der Waals surface area (Å²) in [6, 6.07) is 63.5. The average Bonchev–Trinajstić information content (AvgIpc) is 3.52. The number of rotatable bonds is 6. The first-order chi connectivity index (χ1) is 24.3. The molecule has 4 heteroatoms. The summed E-state index contributed by atoms with van der Waals surface area (Å²) in [6.07, 6.45) is 0. The van der Waals surface area contributed by atoms with Crippen molar-refractivity contribution >= 4 is 21.8 Å². The van der Waals surface area contributed by atoms with E-state index in [0.29, 0.717) is 17.5 Å². The van der Waals surface area contributed by atoms with Gasteiger partial charge >= 0.3 is 0 Å². The van der Waals surface area contributed by atoms with Gasteiger partial charge in [-0.05, 0) is 34.9 Å². The lowest BCUT2D eigenvalue weighted by Crippen LogP contribution is -2.00. The van der Waals surface area contributed by atoms with Crippen molar-refractivity contribution in [3.63, 3.8) is 0 Å². The lowest BCUT2D eigenvalue weighted by Gasteiger charge is -2.15. The Morgan fingerprint density at radius 3 is 1.39 bits per heavy atom. The van der Waals surface area contributed by atoms with Gasteiger partial charge in [0.2, 0.25) is 0 Å². The highest BCUT2D eigenvalue weighted by Gasteiger charge is 2.17. The van der Waals surface area contributed by atoms with Crippen LogP contribution in [-0.2, 0) is 0 Å². The zero-order valence-electron chi connectivity index (χ0n) is 26.6. The number of hydrogen-bond acceptors (Lipinski definition) is 3. The number of nitrogens with zero attached hydrogens (tertiary/aromatic N) is 4. The van der Waals surface area contributed by atoms with E-state index in [4.69, 9.17) is 15.0 Å². The molecule has 0 radical (unpaired) electrons. The molecule has 49 heavy (non-hydrogen) atoms. The molecule has 0 atom stereocenters. The molecule has 0 aliphatic rings. The maximum atomic E-state index is 4.94. The Bertz CT molecular complexity index is 2520. The molecule has 0 saturated carbocycles. The molecule has 2 aromatic heterocycles. The second-order valence-corrected chi connectivity index (χ2v) is 12.1. The number of hydrogen-bond donors (Lipinski definition) is 0. The summed E-state index contributed by atoms with van der Waals surface area (Å²) in [6.45, 7) is 0. The first-order valence-corrected chi connectivity index (χ1v) is 16.5. The Morgan fingerprint density at radius 1 is 0.306 bits per heavy atom. The third-order valence-corrected chi connectivity index (χ3v) is 9.08. The highest BCUT2D eigenvalue weighted by molar-refractivity contribution is 6.10. The van der Waals surface area contributed by atoms with E-state index in [9.17, 15) is 0 Å². The van der Waals surface area contributed by atoms with Crippen LogP contribution in [0.3, 0.4) is 0 Å². The summed E-state index contributed by atoms with van der Waals surface area (Å²) in [5.41, 5.74) is 11.0. The van der Waals surface area contributed by atoms with Crippen LogP contribution in [0.5, 0.6) is 0 Å². The van der Waals surface area contributed by atoms with Gasteiger partial charge in [-0.3, -0.25) is 0 Å². The molecular weight excluding hydrogens is 597 g/mol. The Balaban J connectivity index is 1.17. The van der Waals surface area contributed by atoms with Gasteiger partial charge in [-0.1, -0.05) is 164 Å². The molecule has 0 bridgehead atoms. The van der Waals surface area contributed by atoms with Crippen LogP contribution in [0.25, 0.3) is 83.9 Å². The van der Waals surface area contributed by atoms with E-state index in [-0.39, 0.29) is 0 Å². The molecule has 230 valence electrons. The quantitative estimate of drug-likeness (QED) is 0.184. The summed E-state index contributed by atoms with van der Waals surface area (Å²) in [5, 5.41) is 2.47. The SMILES string of the molecule is c1ccc(-c2ccc3c4ccccc4n(-c4ccccc4-c4ccc(-c5nc(-c6ccccc6)nc(-c6ccccc6)n5)cc4)c3c2)cc1. The van der Waals surface area contributed by atoms with Gasteiger partial charge in [-0.2, -0.15) is 0 Å². The monoisotopic (exact) mass is 626 g/mol. The van der Waals surface area contributed by atoms with Gasteiger partial charge in [0.25, 0.3) is 0 Å². The average molecular weight is 627 g/mol. The number of aromatic nitrogens is 4. The molecule has 9 aromatic rings. The van der Waals surface area contributed by atoms with E-state index in [1.165, 1.54) is 32.9 Å². The number of fused-ring (bicyclic) bond motifs is 3. The van der Waals surface area contributed by atoms with Gasteiger partial charge in [0.05, 0.1) is 16.7 Å². The highest BCUT2D eigenvalue weighted by Crippen LogP contribution is 2.38. The fourth-order valence-electron chi connectivity index (χ4n) is 6.69. The first kappa shape index (κ1) is 28.6. The Morgan fingerprint density at radius 2 is 0.755 bits per heavy atom. The summed E-state index contributed by atoms with van der Waals surface area (Å²) in [5.74, 6) is 1.95. The van der Waals surface area contributed by atoms with Crippen molar-refractivity contribution in [3.8, 4) is 62.1 Å². The molecule has 0 amide bonds. The minimum Gasteiger partial charge on any atom is -0.309 e. The predicted octanol–water partition coefficient (Wildman–Crippen LogP) is 11.3. The van der Waals surface area contributed by atoms with Crippen LogP contribution < -0.4 is 0 Å². The van der Waals surface area contributed by atoms with Crippen molar-refractivity contribution < 1.29 is 0 Å². The molecular formula is C45H30N4. The minimum atomic E-state index is 0.642. The summed E-state index contributed by atoms with van der Waals surface area (Å²) in [7, 11) is 0. The normalized spacial score (nSPS) is 11.3. The molecule has 2 heterocycles. The van der Waals surface area contributed by atoms with E-state index in [1.54, 1.807) is 0 Å². The van der Waals surface area contributed by atoms with Crippen molar-refractivity contribution in [1.82, 2.24) is 19.5 Å². The standard InChI is InChI=1S/C45H30N4/c1-4-14-31(15-5-1)36-28-29-39-38-21-11-13-23-41(38)49(42(39)30-36)40-22-12-10-20-37(40)32-24-26-35(27-25-32)45-47-43(33-16-6-2-7-17-33)46-44(48-45)34-18-8-3-9-19-34/h1-30H. The Hall–Kier alpha value is -6.65. The van der Waals surface area contributed by atoms with Crippen LogP contribution >= 0.6 is 0 Å². The van der Waals surface area contributed by atoms with Gasteiger partial charge in [0, 0.05) is 33.0 Å². The molecule has 0 spiro atoms. The zero-order valence-corrected chi connectivity index (χ0v) is 26.6. The van der Waals surface area contributed by atoms with Crippen molar-refractivity contribution in [2.75, 3.05) is 0 Å². The second-order valence-electron chi connectivity index (χ2n) is 12.1. The molecule has 0 aliphatic carbocycles. The minimum absolute atomic E-state index is 0.642. The van der Waals surface area contributed by atoms with Crippen molar-refractivity contribution in [2.24, 2.45) is 0 Å². The van der Waals surface area contributed by atoms with Crippen molar-refractivity contribution in [1.29, 1.82) is 0 Å². The fourth-order valence-corrected chi connectivity index (χ4v) is 6.69. The van der Waals surface area contributed by atoms with Crippen LogP contribution in [0.1, 0.15) is 0 Å². The molecule has 7 aromatic carbocycles. The smallest absolute Gasteiger partial charge is 0.164 e. The van der Waals surface area contributed by atoms with E-state index in [0.717, 1.165) is 33.5 Å². The first-order valence-electron chi connectivity index (χ1n) is 16.5. The van der Waals surface area contributed by atoms with Gasteiger partial charge in [0.15, 0.2) is 17.5 Å². The molecule has 4 nitrogen and oxygen atoms in total. The largest absolute Gasteiger partial charge is 0.309 e.